The Hall–Kier alpha value is -2.95. The quantitative estimate of drug-likeness (QED) is 0.440. The van der Waals surface area contributed by atoms with E-state index in [0.717, 1.165) is 44.9 Å². The molecule has 5 nitrogen and oxygen atoms in total. The van der Waals surface area contributed by atoms with Crippen LogP contribution in [0.1, 0.15) is 30.4 Å². The van der Waals surface area contributed by atoms with Gasteiger partial charge in [-0.15, -0.1) is 9.15 Å². The molecular formula is C22H23N5+2. The number of aromatic nitrogens is 3. The second kappa shape index (κ2) is 4.47. The normalized spacial score (nSPS) is 22.9. The predicted molar refractivity (Wildman–Crippen MR) is 109 cm³/mol. The van der Waals surface area contributed by atoms with Crippen LogP contribution in [0, 0.1) is 6.92 Å². The van der Waals surface area contributed by atoms with E-state index in [1.807, 2.05) is 31.3 Å². The Morgan fingerprint density at radius 1 is 1.11 bits per heavy atom. The second-order valence-electron chi connectivity index (χ2n) is 8.20. The first-order chi connectivity index (χ1) is 14.1. The first-order valence-electron chi connectivity index (χ1n) is 10.8. The van der Waals surface area contributed by atoms with E-state index in [-0.39, 0.29) is 6.04 Å². The van der Waals surface area contributed by atoms with Gasteiger partial charge in [0, 0.05) is 5.56 Å². The molecule has 4 heterocycles. The molecule has 0 radical (unpaired) electrons. The summed E-state index contributed by atoms with van der Waals surface area (Å²) in [6, 6.07) is 12.3. The fraction of sp³-hybridized carbons (Fsp3) is 0.318. The van der Waals surface area contributed by atoms with Crippen molar-refractivity contribution in [1.29, 1.82) is 0 Å². The monoisotopic (exact) mass is 360 g/mol. The maximum Gasteiger partial charge on any atom is 0.415 e. The number of para-hydroxylation sites is 2. The Morgan fingerprint density at radius 3 is 2.74 bits per heavy atom. The highest BCUT2D eigenvalue weighted by atomic mass is 15.3. The summed E-state index contributed by atoms with van der Waals surface area (Å²) in [6.07, 6.45) is 1.86. The molecule has 2 aliphatic heterocycles. The Bertz CT molecular complexity index is 1480. The molecule has 2 aliphatic rings. The SMILES string of the molecule is [2H]C([2H])([2H])[N+]1=CC2[N+](=C1C)c1c(C)ccc3c1n(c1nc4ccccc4n31)C2(C)C. The Labute approximate surface area is 161 Å². The average Bonchev–Trinajstić information content (AvgIpc) is 3.30. The summed E-state index contributed by atoms with van der Waals surface area (Å²) >= 11 is 0. The van der Waals surface area contributed by atoms with E-state index in [2.05, 4.69) is 52.5 Å². The zero-order valence-corrected chi connectivity index (χ0v) is 15.9. The van der Waals surface area contributed by atoms with E-state index in [9.17, 15) is 0 Å². The summed E-state index contributed by atoms with van der Waals surface area (Å²) in [5.41, 5.74) is 6.00. The zero-order chi connectivity index (χ0) is 21.2. The second-order valence-corrected chi connectivity index (χ2v) is 8.20. The first-order valence-corrected chi connectivity index (χ1v) is 9.31. The number of rotatable bonds is 0. The van der Waals surface area contributed by atoms with Gasteiger partial charge in [0.15, 0.2) is 0 Å². The van der Waals surface area contributed by atoms with Crippen LogP contribution in [0.2, 0.25) is 0 Å². The van der Waals surface area contributed by atoms with Crippen molar-refractivity contribution in [2.24, 2.45) is 0 Å². The van der Waals surface area contributed by atoms with Crippen molar-refractivity contribution in [3.05, 3.63) is 42.0 Å². The van der Waals surface area contributed by atoms with Crippen LogP contribution in [-0.4, -0.2) is 48.2 Å². The topological polar surface area (TPSA) is 28.2 Å². The Morgan fingerprint density at radius 2 is 1.93 bits per heavy atom. The van der Waals surface area contributed by atoms with Crippen LogP contribution in [0.25, 0.3) is 27.8 Å². The van der Waals surface area contributed by atoms with Crippen molar-refractivity contribution in [2.75, 3.05) is 6.98 Å². The summed E-state index contributed by atoms with van der Waals surface area (Å²) in [7, 11) is 0. The van der Waals surface area contributed by atoms with Crippen LogP contribution in [0.5, 0.6) is 0 Å². The molecule has 6 rings (SSSR count). The third-order valence-corrected chi connectivity index (χ3v) is 6.35. The van der Waals surface area contributed by atoms with Gasteiger partial charge in [-0.1, -0.05) is 18.2 Å². The van der Waals surface area contributed by atoms with E-state index in [1.165, 1.54) is 4.58 Å². The molecule has 0 N–H and O–H groups in total. The molecule has 0 saturated heterocycles. The van der Waals surface area contributed by atoms with Gasteiger partial charge < -0.3 is 0 Å². The van der Waals surface area contributed by atoms with Crippen molar-refractivity contribution < 1.29 is 13.3 Å². The molecule has 0 aliphatic carbocycles. The van der Waals surface area contributed by atoms with Gasteiger partial charge in [-0.05, 0) is 39.0 Å². The summed E-state index contributed by atoms with van der Waals surface area (Å²) in [6.45, 7) is 6.11. The Kier molecular flexibility index (Phi) is 2.06. The summed E-state index contributed by atoms with van der Waals surface area (Å²) < 4.78 is 32.3. The molecule has 134 valence electrons. The van der Waals surface area contributed by atoms with Gasteiger partial charge in [0.05, 0.1) is 23.5 Å². The molecule has 0 spiro atoms. The summed E-state index contributed by atoms with van der Waals surface area (Å²) in [5, 5.41) is 0. The number of hydrogen-bond acceptors (Lipinski definition) is 1. The number of benzene rings is 2. The number of amidine groups is 1. The van der Waals surface area contributed by atoms with E-state index < -0.39 is 12.5 Å². The average molecular weight is 360 g/mol. The van der Waals surface area contributed by atoms with Gasteiger partial charge in [0.1, 0.15) is 22.1 Å². The zero-order valence-electron chi connectivity index (χ0n) is 18.9. The fourth-order valence-corrected chi connectivity index (χ4v) is 4.99. The van der Waals surface area contributed by atoms with E-state index in [0.29, 0.717) is 0 Å². The standard InChI is InChI=1S/C22H23N5/c1-13-10-11-17-20-19(13)25-14(2)24(5)12-18(25)22(3,4)27(20)21-23-15-8-6-7-9-16(15)26(17)21/h6-12,18H,1-5H3/q+2/i5D3. The van der Waals surface area contributed by atoms with Crippen LogP contribution in [0.3, 0.4) is 0 Å². The predicted octanol–water partition coefficient (Wildman–Crippen LogP) is 3.66. The van der Waals surface area contributed by atoms with E-state index in [4.69, 9.17) is 9.10 Å². The molecule has 1 atom stereocenters. The maximum atomic E-state index is 8.02. The van der Waals surface area contributed by atoms with Gasteiger partial charge in [0.25, 0.3) is 6.04 Å². The number of fused-ring (bicyclic) bond motifs is 7. The van der Waals surface area contributed by atoms with Crippen LogP contribution in [0.4, 0.5) is 5.69 Å². The minimum atomic E-state index is -2.22. The van der Waals surface area contributed by atoms with E-state index in [1.54, 1.807) is 0 Å². The molecule has 0 amide bonds. The highest BCUT2D eigenvalue weighted by molar-refractivity contribution is 5.98. The van der Waals surface area contributed by atoms with Crippen molar-refractivity contribution in [2.45, 2.75) is 39.3 Å². The van der Waals surface area contributed by atoms with Gasteiger partial charge in [-0.25, -0.2) is 4.98 Å². The lowest BCUT2D eigenvalue weighted by Crippen LogP contribution is -2.48. The lowest BCUT2D eigenvalue weighted by atomic mass is 9.90. The summed E-state index contributed by atoms with van der Waals surface area (Å²) in [4.78, 5) is 4.99. The number of hydrogen-bond donors (Lipinski definition) is 0. The van der Waals surface area contributed by atoms with Crippen LogP contribution in [0.15, 0.2) is 36.4 Å². The van der Waals surface area contributed by atoms with Crippen LogP contribution < -0.4 is 0 Å². The molecule has 27 heavy (non-hydrogen) atoms. The largest absolute Gasteiger partial charge is 0.415 e. The number of nitrogens with zero attached hydrogens (tertiary/aromatic N) is 5. The third kappa shape index (κ3) is 1.55. The number of aryl methyl sites for hydroxylation is 1. The fourth-order valence-electron chi connectivity index (χ4n) is 4.99. The molecule has 0 fully saturated rings. The van der Waals surface area contributed by atoms with Crippen molar-refractivity contribution in [1.82, 2.24) is 14.0 Å². The third-order valence-electron chi connectivity index (χ3n) is 6.35. The van der Waals surface area contributed by atoms with Gasteiger partial charge in [-0.3, -0.25) is 8.97 Å². The van der Waals surface area contributed by atoms with Gasteiger partial charge in [0.2, 0.25) is 17.7 Å². The Balaban J connectivity index is 1.85. The minimum absolute atomic E-state index is 0.134. The molecular weight excluding hydrogens is 334 g/mol. The molecule has 0 saturated carbocycles. The van der Waals surface area contributed by atoms with Crippen molar-refractivity contribution in [3.8, 4) is 0 Å². The molecule has 2 aromatic carbocycles. The van der Waals surface area contributed by atoms with Gasteiger partial charge in [-0.2, -0.15) is 0 Å². The van der Waals surface area contributed by atoms with Crippen molar-refractivity contribution in [3.63, 3.8) is 0 Å². The van der Waals surface area contributed by atoms with Crippen LogP contribution >= 0.6 is 0 Å². The molecule has 2 aromatic heterocycles. The highest BCUT2D eigenvalue weighted by Crippen LogP contribution is 2.45. The lowest BCUT2D eigenvalue weighted by Gasteiger charge is -2.32. The first kappa shape index (κ1) is 12.4. The van der Waals surface area contributed by atoms with Crippen LogP contribution in [-0.2, 0) is 5.54 Å². The van der Waals surface area contributed by atoms with Crippen molar-refractivity contribution >= 4 is 45.6 Å². The van der Waals surface area contributed by atoms with E-state index >= 15 is 0 Å². The lowest BCUT2D eigenvalue weighted by molar-refractivity contribution is -0.509. The smallest absolute Gasteiger partial charge is 0.291 e. The molecule has 1 unspecified atom stereocenters. The minimum Gasteiger partial charge on any atom is -0.291 e. The molecule has 4 aromatic rings. The maximum absolute atomic E-state index is 8.02. The van der Waals surface area contributed by atoms with Gasteiger partial charge >= 0.3 is 5.84 Å². The highest BCUT2D eigenvalue weighted by Gasteiger charge is 2.55. The number of imidazole rings is 2. The molecule has 0 bridgehead atoms. The summed E-state index contributed by atoms with van der Waals surface area (Å²) in [5.74, 6) is 1.62. The molecule has 5 heteroatoms.